The predicted molar refractivity (Wildman–Crippen MR) is 70.5 cm³/mol. The number of carbonyl (C=O) groups excluding carboxylic acids is 1. The van der Waals surface area contributed by atoms with Crippen LogP contribution in [0.25, 0.3) is 0 Å². The number of hydrogen-bond acceptors (Lipinski definition) is 4. The average molecular weight is 290 g/mol. The fourth-order valence-corrected chi connectivity index (χ4v) is 1.47. The number of carboxylic acids is 2. The Morgan fingerprint density at radius 2 is 1.85 bits per heavy atom. The van der Waals surface area contributed by atoms with E-state index >= 15 is 0 Å². The highest BCUT2D eigenvalue weighted by atomic mass is 16.5. The van der Waals surface area contributed by atoms with Crippen molar-refractivity contribution in [1.82, 2.24) is 10.6 Å². The lowest BCUT2D eigenvalue weighted by atomic mass is 10.1. The summed E-state index contributed by atoms with van der Waals surface area (Å²) < 4.78 is 5.37. The van der Waals surface area contributed by atoms with Gasteiger partial charge in [0.25, 0.3) is 0 Å². The Morgan fingerprint density at radius 3 is 2.30 bits per heavy atom. The molecule has 0 heterocycles. The molecule has 0 fully saturated rings. The van der Waals surface area contributed by atoms with Gasteiger partial charge in [-0.3, -0.25) is 4.79 Å². The molecule has 1 unspecified atom stereocenters. The quantitative estimate of drug-likeness (QED) is 0.487. The van der Waals surface area contributed by atoms with Crippen molar-refractivity contribution >= 4 is 18.0 Å². The van der Waals surface area contributed by atoms with Crippen molar-refractivity contribution in [1.29, 1.82) is 0 Å². The number of rotatable bonds is 9. The number of nitrogens with one attached hydrogen (secondary N) is 2. The van der Waals surface area contributed by atoms with E-state index in [1.165, 1.54) is 0 Å². The Bertz CT molecular complexity index is 356. The predicted octanol–water partition coefficient (Wildman–Crippen LogP) is 0.419. The minimum Gasteiger partial charge on any atom is -0.481 e. The van der Waals surface area contributed by atoms with E-state index in [0.717, 1.165) is 0 Å². The largest absolute Gasteiger partial charge is 0.481 e. The zero-order valence-electron chi connectivity index (χ0n) is 11.9. The number of carboxylic acid groups (broad SMARTS) is 2. The van der Waals surface area contributed by atoms with Crippen LogP contribution in [-0.2, 0) is 14.3 Å². The minimum atomic E-state index is -1.27. The van der Waals surface area contributed by atoms with Crippen molar-refractivity contribution in [2.24, 2.45) is 0 Å². The normalized spacial score (nSPS) is 12.6. The first-order chi connectivity index (χ1) is 9.18. The van der Waals surface area contributed by atoms with Gasteiger partial charge >= 0.3 is 18.0 Å². The molecule has 0 aliphatic heterocycles. The number of ether oxygens (including phenoxy) is 1. The van der Waals surface area contributed by atoms with Crippen LogP contribution >= 0.6 is 0 Å². The highest BCUT2D eigenvalue weighted by Gasteiger charge is 2.23. The molecule has 20 heavy (non-hydrogen) atoms. The zero-order chi connectivity index (χ0) is 15.8. The summed E-state index contributed by atoms with van der Waals surface area (Å²) in [7, 11) is 0. The molecule has 8 nitrogen and oxygen atoms in total. The van der Waals surface area contributed by atoms with Gasteiger partial charge in [-0.25, -0.2) is 9.59 Å². The van der Waals surface area contributed by atoms with Crippen molar-refractivity contribution in [2.75, 3.05) is 13.2 Å². The lowest BCUT2D eigenvalue weighted by Crippen LogP contribution is -2.49. The third-order valence-electron chi connectivity index (χ3n) is 2.46. The Hall–Kier alpha value is -1.83. The van der Waals surface area contributed by atoms with E-state index in [1.807, 2.05) is 6.92 Å². The van der Waals surface area contributed by atoms with Crippen molar-refractivity contribution in [3.63, 3.8) is 0 Å². The van der Waals surface area contributed by atoms with Crippen LogP contribution in [0.3, 0.4) is 0 Å². The second-order valence-corrected chi connectivity index (χ2v) is 4.84. The molecule has 0 aliphatic rings. The standard InChI is InChI=1S/C12H22N2O6/c1-4-20-12(2,3)7-13-11(19)14-8(10(17)18)5-6-9(15)16/h8H,4-7H2,1-3H3,(H,15,16)(H,17,18)(H2,13,14,19). The summed E-state index contributed by atoms with van der Waals surface area (Å²) in [6, 6.07) is -1.91. The molecular weight excluding hydrogens is 268 g/mol. The van der Waals surface area contributed by atoms with Crippen molar-refractivity contribution < 1.29 is 29.3 Å². The molecule has 0 aliphatic carbocycles. The summed E-state index contributed by atoms with van der Waals surface area (Å²) >= 11 is 0. The smallest absolute Gasteiger partial charge is 0.326 e. The fraction of sp³-hybridized carbons (Fsp3) is 0.750. The molecule has 0 saturated carbocycles. The lowest BCUT2D eigenvalue weighted by molar-refractivity contribution is -0.140. The van der Waals surface area contributed by atoms with Gasteiger partial charge in [0, 0.05) is 19.6 Å². The third-order valence-corrected chi connectivity index (χ3v) is 2.46. The van der Waals surface area contributed by atoms with Gasteiger partial charge in [-0.05, 0) is 27.2 Å². The molecule has 2 amide bonds. The summed E-state index contributed by atoms with van der Waals surface area (Å²) in [6.45, 7) is 6.10. The Kier molecular flexibility index (Phi) is 7.60. The minimum absolute atomic E-state index is 0.174. The van der Waals surface area contributed by atoms with Gasteiger partial charge in [0.15, 0.2) is 0 Å². The molecule has 0 spiro atoms. The van der Waals surface area contributed by atoms with Gasteiger partial charge < -0.3 is 25.6 Å². The molecule has 0 rings (SSSR count). The molecule has 0 saturated heterocycles. The van der Waals surface area contributed by atoms with Crippen molar-refractivity contribution in [3.05, 3.63) is 0 Å². The van der Waals surface area contributed by atoms with Gasteiger partial charge in [0.05, 0.1) is 5.60 Å². The van der Waals surface area contributed by atoms with Crippen LogP contribution in [0.15, 0.2) is 0 Å². The summed E-state index contributed by atoms with van der Waals surface area (Å²) in [4.78, 5) is 32.9. The first-order valence-corrected chi connectivity index (χ1v) is 6.31. The van der Waals surface area contributed by atoms with Gasteiger partial charge in [-0.1, -0.05) is 0 Å². The number of aliphatic carboxylic acids is 2. The van der Waals surface area contributed by atoms with E-state index < -0.39 is 29.6 Å². The monoisotopic (exact) mass is 290 g/mol. The van der Waals surface area contributed by atoms with Crippen LogP contribution in [0.2, 0.25) is 0 Å². The van der Waals surface area contributed by atoms with Crippen molar-refractivity contribution in [2.45, 2.75) is 45.3 Å². The molecule has 0 bridgehead atoms. The molecule has 0 aromatic heterocycles. The van der Waals surface area contributed by atoms with Crippen LogP contribution in [0.4, 0.5) is 4.79 Å². The van der Waals surface area contributed by atoms with E-state index in [-0.39, 0.29) is 19.4 Å². The molecule has 8 heteroatoms. The average Bonchev–Trinajstić information content (AvgIpc) is 2.31. The van der Waals surface area contributed by atoms with E-state index in [1.54, 1.807) is 13.8 Å². The second kappa shape index (κ2) is 8.36. The number of urea groups is 1. The second-order valence-electron chi connectivity index (χ2n) is 4.84. The van der Waals surface area contributed by atoms with E-state index in [0.29, 0.717) is 6.61 Å². The maximum absolute atomic E-state index is 11.6. The van der Waals surface area contributed by atoms with Crippen LogP contribution in [-0.4, -0.2) is 53.0 Å². The van der Waals surface area contributed by atoms with E-state index in [9.17, 15) is 14.4 Å². The number of amides is 2. The molecule has 0 aromatic rings. The molecule has 4 N–H and O–H groups in total. The van der Waals surface area contributed by atoms with Gasteiger partial charge in [0.1, 0.15) is 6.04 Å². The molecular formula is C12H22N2O6. The number of carbonyl (C=O) groups is 3. The molecule has 116 valence electrons. The van der Waals surface area contributed by atoms with Crippen molar-refractivity contribution in [3.8, 4) is 0 Å². The third kappa shape index (κ3) is 8.30. The molecule has 0 radical (unpaired) electrons. The zero-order valence-corrected chi connectivity index (χ0v) is 11.9. The van der Waals surface area contributed by atoms with Gasteiger partial charge in [0.2, 0.25) is 0 Å². The summed E-state index contributed by atoms with van der Waals surface area (Å²) in [5.41, 5.74) is -0.564. The Labute approximate surface area is 117 Å². The highest BCUT2D eigenvalue weighted by Crippen LogP contribution is 2.06. The first-order valence-electron chi connectivity index (χ1n) is 6.31. The Morgan fingerprint density at radius 1 is 1.25 bits per heavy atom. The Balaban J connectivity index is 4.26. The molecule has 1 atom stereocenters. The van der Waals surface area contributed by atoms with Crippen LogP contribution < -0.4 is 10.6 Å². The van der Waals surface area contributed by atoms with Crippen LogP contribution in [0.5, 0.6) is 0 Å². The highest BCUT2D eigenvalue weighted by molar-refractivity contribution is 5.83. The van der Waals surface area contributed by atoms with Gasteiger partial charge in [-0.2, -0.15) is 0 Å². The van der Waals surface area contributed by atoms with E-state index in [4.69, 9.17) is 14.9 Å². The summed E-state index contributed by atoms with van der Waals surface area (Å²) in [5, 5.41) is 22.1. The molecule has 0 aromatic carbocycles. The maximum atomic E-state index is 11.6. The SMILES string of the molecule is CCOC(C)(C)CNC(=O)NC(CCC(=O)O)C(=O)O. The maximum Gasteiger partial charge on any atom is 0.326 e. The fourth-order valence-electron chi connectivity index (χ4n) is 1.47. The lowest BCUT2D eigenvalue weighted by Gasteiger charge is -2.25. The van der Waals surface area contributed by atoms with Gasteiger partial charge in [-0.15, -0.1) is 0 Å². The first kappa shape index (κ1) is 18.2. The van der Waals surface area contributed by atoms with E-state index in [2.05, 4.69) is 10.6 Å². The number of hydrogen-bond donors (Lipinski definition) is 4. The topological polar surface area (TPSA) is 125 Å². The van der Waals surface area contributed by atoms with Crippen LogP contribution in [0, 0.1) is 0 Å². The van der Waals surface area contributed by atoms with Crippen LogP contribution in [0.1, 0.15) is 33.6 Å². The summed E-state index contributed by atoms with van der Waals surface area (Å²) in [6.07, 6.45) is -0.505. The summed E-state index contributed by atoms with van der Waals surface area (Å²) in [5.74, 6) is -2.39.